The molecule has 0 aliphatic carbocycles. The van der Waals surface area contributed by atoms with Gasteiger partial charge in [-0.1, -0.05) is 80.1 Å². The van der Waals surface area contributed by atoms with E-state index in [9.17, 15) is 13.2 Å². The van der Waals surface area contributed by atoms with Gasteiger partial charge >= 0.3 is 0 Å². The highest BCUT2D eigenvalue weighted by molar-refractivity contribution is 5.71. The molecular weight excluding hydrogens is 445 g/mol. The van der Waals surface area contributed by atoms with Gasteiger partial charge in [0.2, 0.25) is 0 Å². The summed E-state index contributed by atoms with van der Waals surface area (Å²) in [5.74, 6) is -1.66. The summed E-state index contributed by atoms with van der Waals surface area (Å²) in [6, 6.07) is 15.3. The highest BCUT2D eigenvalue weighted by Gasteiger charge is 2.22. The Morgan fingerprint density at radius 3 is 2.23 bits per heavy atom. The van der Waals surface area contributed by atoms with Crippen molar-refractivity contribution in [2.45, 2.75) is 45.1 Å². The van der Waals surface area contributed by atoms with Crippen LogP contribution in [-0.2, 0) is 11.2 Å². The van der Waals surface area contributed by atoms with Crippen LogP contribution in [0.1, 0.15) is 49.8 Å². The summed E-state index contributed by atoms with van der Waals surface area (Å²) >= 11 is 0. The number of rotatable bonds is 8. The lowest BCUT2D eigenvalue weighted by molar-refractivity contribution is -0.00528. The van der Waals surface area contributed by atoms with Crippen molar-refractivity contribution in [2.75, 3.05) is 6.61 Å². The van der Waals surface area contributed by atoms with Gasteiger partial charge in [-0.2, -0.15) is 0 Å². The quantitative estimate of drug-likeness (QED) is 0.295. The highest BCUT2D eigenvalue weighted by atomic mass is 19.2. The normalized spacial score (nSPS) is 18.2. The monoisotopic (exact) mass is 476 g/mol. The van der Waals surface area contributed by atoms with Gasteiger partial charge in [-0.05, 0) is 54.0 Å². The van der Waals surface area contributed by atoms with Crippen molar-refractivity contribution in [1.29, 1.82) is 0 Å². The number of ether oxygens (including phenoxy) is 1. The van der Waals surface area contributed by atoms with Crippen molar-refractivity contribution >= 4 is 0 Å². The van der Waals surface area contributed by atoms with E-state index in [0.29, 0.717) is 41.2 Å². The molecule has 4 heteroatoms. The molecule has 1 saturated heterocycles. The molecule has 1 aliphatic heterocycles. The molecule has 3 aromatic rings. The molecule has 0 amide bonds. The molecule has 2 unspecified atom stereocenters. The maximum absolute atomic E-state index is 15.0. The van der Waals surface area contributed by atoms with Crippen molar-refractivity contribution in [3.63, 3.8) is 0 Å². The van der Waals surface area contributed by atoms with Crippen molar-refractivity contribution in [2.24, 2.45) is 5.92 Å². The Hall–Kier alpha value is -3.11. The van der Waals surface area contributed by atoms with Crippen LogP contribution in [0.5, 0.6) is 0 Å². The Labute approximate surface area is 206 Å². The zero-order valence-electron chi connectivity index (χ0n) is 20.1. The Morgan fingerprint density at radius 2 is 1.60 bits per heavy atom. The lowest BCUT2D eigenvalue weighted by Crippen LogP contribution is -2.19. The van der Waals surface area contributed by atoms with Crippen LogP contribution in [0.4, 0.5) is 13.2 Å². The van der Waals surface area contributed by atoms with Crippen LogP contribution in [-0.4, -0.2) is 6.61 Å². The molecule has 4 rings (SSSR count). The lowest BCUT2D eigenvalue weighted by Gasteiger charge is -2.27. The van der Waals surface area contributed by atoms with Gasteiger partial charge in [0.1, 0.15) is 5.82 Å². The van der Waals surface area contributed by atoms with Gasteiger partial charge in [-0.3, -0.25) is 0 Å². The Balaban J connectivity index is 1.50. The van der Waals surface area contributed by atoms with Crippen molar-refractivity contribution in [1.82, 2.24) is 0 Å². The minimum Gasteiger partial charge on any atom is -0.373 e. The Kier molecular flexibility index (Phi) is 8.25. The topological polar surface area (TPSA) is 9.23 Å². The van der Waals surface area contributed by atoms with Gasteiger partial charge in [-0.25, -0.2) is 13.2 Å². The summed E-state index contributed by atoms with van der Waals surface area (Å²) in [5, 5.41) is 0. The fourth-order valence-corrected chi connectivity index (χ4v) is 4.48. The van der Waals surface area contributed by atoms with Crippen LogP contribution in [0.25, 0.3) is 22.3 Å². The first-order valence-corrected chi connectivity index (χ1v) is 12.3. The number of unbranched alkanes of at least 4 members (excludes halogenated alkanes) is 1. The summed E-state index contributed by atoms with van der Waals surface area (Å²) in [4.78, 5) is 0. The minimum atomic E-state index is -0.860. The van der Waals surface area contributed by atoms with Gasteiger partial charge in [0.25, 0.3) is 0 Å². The number of hydrogen-bond acceptors (Lipinski definition) is 1. The van der Waals surface area contributed by atoms with Crippen molar-refractivity contribution in [3.05, 3.63) is 108 Å². The molecule has 2 atom stereocenters. The van der Waals surface area contributed by atoms with Gasteiger partial charge < -0.3 is 4.74 Å². The number of benzene rings is 3. The maximum atomic E-state index is 15.0. The second-order valence-electron chi connectivity index (χ2n) is 9.08. The van der Waals surface area contributed by atoms with Crippen LogP contribution in [0.15, 0.2) is 79.4 Å². The third-order valence-corrected chi connectivity index (χ3v) is 6.64. The highest BCUT2D eigenvalue weighted by Crippen LogP contribution is 2.34. The van der Waals surface area contributed by atoms with E-state index in [0.717, 1.165) is 31.2 Å². The molecular formula is C31H31F3O. The second-order valence-corrected chi connectivity index (χ2v) is 9.08. The smallest absolute Gasteiger partial charge is 0.166 e. The molecule has 3 aromatic carbocycles. The molecule has 0 bridgehead atoms. The van der Waals surface area contributed by atoms with Crippen LogP contribution in [0.2, 0.25) is 0 Å². The number of allylic oxidation sites excluding steroid dienone is 2. The predicted octanol–water partition coefficient (Wildman–Crippen LogP) is 8.99. The van der Waals surface area contributed by atoms with E-state index in [-0.39, 0.29) is 17.5 Å². The van der Waals surface area contributed by atoms with E-state index in [4.69, 9.17) is 4.74 Å². The third-order valence-electron chi connectivity index (χ3n) is 6.64. The first-order valence-electron chi connectivity index (χ1n) is 12.3. The molecule has 0 N–H and O–H groups in total. The lowest BCUT2D eigenvalue weighted by atomic mass is 9.93. The zero-order chi connectivity index (χ0) is 24.8. The average Bonchev–Trinajstić information content (AvgIpc) is 2.89. The van der Waals surface area contributed by atoms with Crippen molar-refractivity contribution < 1.29 is 17.9 Å². The summed E-state index contributed by atoms with van der Waals surface area (Å²) in [5.41, 5.74) is 3.03. The maximum Gasteiger partial charge on any atom is 0.166 e. The molecule has 0 spiro atoms. The Bertz CT molecular complexity index is 1190. The van der Waals surface area contributed by atoms with Crippen LogP contribution >= 0.6 is 0 Å². The zero-order valence-corrected chi connectivity index (χ0v) is 20.1. The van der Waals surface area contributed by atoms with Crippen LogP contribution in [0, 0.1) is 23.4 Å². The fourth-order valence-electron chi connectivity index (χ4n) is 4.48. The van der Waals surface area contributed by atoms with E-state index in [1.54, 1.807) is 42.5 Å². The first-order chi connectivity index (χ1) is 17.0. The Morgan fingerprint density at radius 1 is 0.886 bits per heavy atom. The van der Waals surface area contributed by atoms with Gasteiger partial charge in [0.15, 0.2) is 11.6 Å². The SMILES string of the molecule is C=CC1CCC(c2ccc(-c3ccc(-c4ccc(C/C=C\CCC)c(F)c4F)cc3)c(F)c2)OC1. The molecule has 1 heterocycles. The summed E-state index contributed by atoms with van der Waals surface area (Å²) in [7, 11) is 0. The number of hydrogen-bond donors (Lipinski definition) is 0. The predicted molar refractivity (Wildman–Crippen MR) is 137 cm³/mol. The first kappa shape index (κ1) is 25.0. The van der Waals surface area contributed by atoms with Crippen molar-refractivity contribution in [3.8, 4) is 22.3 Å². The molecule has 182 valence electrons. The van der Waals surface area contributed by atoms with E-state index in [2.05, 4.69) is 13.5 Å². The van der Waals surface area contributed by atoms with E-state index >= 15 is 0 Å². The fraction of sp³-hybridized carbons (Fsp3) is 0.290. The molecule has 1 aliphatic rings. The minimum absolute atomic E-state index is 0.111. The molecule has 0 radical (unpaired) electrons. The third kappa shape index (κ3) is 5.76. The van der Waals surface area contributed by atoms with Crippen LogP contribution < -0.4 is 0 Å². The molecule has 35 heavy (non-hydrogen) atoms. The molecule has 1 fully saturated rings. The largest absolute Gasteiger partial charge is 0.373 e. The second kappa shape index (κ2) is 11.5. The van der Waals surface area contributed by atoms with E-state index in [1.165, 1.54) is 6.07 Å². The van der Waals surface area contributed by atoms with Gasteiger partial charge in [0, 0.05) is 17.0 Å². The number of halogens is 3. The van der Waals surface area contributed by atoms with E-state index < -0.39 is 11.6 Å². The molecule has 1 nitrogen and oxygen atoms in total. The van der Waals surface area contributed by atoms with Gasteiger partial charge in [0.05, 0.1) is 12.7 Å². The molecule has 0 saturated carbocycles. The average molecular weight is 477 g/mol. The summed E-state index contributed by atoms with van der Waals surface area (Å²) in [6.07, 6.45) is 9.75. The molecule has 0 aromatic heterocycles. The summed E-state index contributed by atoms with van der Waals surface area (Å²) < 4.78 is 50.3. The standard InChI is InChI=1S/C31H31F3O/c1-3-5-6-7-8-24-14-17-27(31(34)30(24)33)23-12-10-22(11-13-23)26-16-15-25(19-28(26)32)29-18-9-21(4-2)20-35-29/h4,6-7,10-17,19,21,29H,2-3,5,8-9,18,20H2,1H3/b7-6-. The van der Waals surface area contributed by atoms with E-state index in [1.807, 2.05) is 24.3 Å². The van der Waals surface area contributed by atoms with Crippen LogP contribution in [0.3, 0.4) is 0 Å². The van der Waals surface area contributed by atoms with Gasteiger partial charge in [-0.15, -0.1) is 6.58 Å². The summed E-state index contributed by atoms with van der Waals surface area (Å²) in [6.45, 7) is 6.49.